The van der Waals surface area contributed by atoms with E-state index >= 15 is 0 Å². The van der Waals surface area contributed by atoms with Gasteiger partial charge in [-0.3, -0.25) is 19.8 Å². The molecule has 0 aliphatic carbocycles. The molecule has 0 radical (unpaired) electrons. The Bertz CT molecular complexity index is 1360. The summed E-state index contributed by atoms with van der Waals surface area (Å²) in [6.45, 7) is 0.222. The zero-order chi connectivity index (χ0) is 25.1. The van der Waals surface area contributed by atoms with Gasteiger partial charge in [0, 0.05) is 27.7 Å². The third-order valence-electron chi connectivity index (χ3n) is 5.00. The lowest BCUT2D eigenvalue weighted by molar-refractivity contribution is -0.384. The number of hydrogen-bond donors (Lipinski definition) is 0. The highest BCUT2D eigenvalue weighted by molar-refractivity contribution is 8.27. The summed E-state index contributed by atoms with van der Waals surface area (Å²) in [5, 5.41) is 11.9. The molecule has 4 rings (SSSR count). The van der Waals surface area contributed by atoms with Crippen LogP contribution in [0.4, 0.5) is 11.4 Å². The molecule has 1 heterocycles. The molecule has 35 heavy (non-hydrogen) atoms. The van der Waals surface area contributed by atoms with Gasteiger partial charge in [0.25, 0.3) is 11.6 Å². The summed E-state index contributed by atoms with van der Waals surface area (Å²) >= 11 is 18.7. The van der Waals surface area contributed by atoms with Gasteiger partial charge in [0.15, 0.2) is 15.8 Å². The maximum atomic E-state index is 13.0. The minimum atomic E-state index is -0.501. The van der Waals surface area contributed by atoms with Gasteiger partial charge in [-0.15, -0.1) is 0 Å². The molecular formula is C24H16Cl2N2O5S2. The molecule has 0 saturated carbocycles. The lowest BCUT2D eigenvalue weighted by Gasteiger charge is -2.14. The van der Waals surface area contributed by atoms with Crippen LogP contribution < -0.4 is 14.4 Å². The molecule has 178 valence electrons. The van der Waals surface area contributed by atoms with Gasteiger partial charge in [0.1, 0.15) is 6.61 Å². The van der Waals surface area contributed by atoms with Crippen molar-refractivity contribution >= 4 is 74.9 Å². The predicted molar refractivity (Wildman–Crippen MR) is 143 cm³/mol. The predicted octanol–water partition coefficient (Wildman–Crippen LogP) is 6.90. The number of nitrogens with zero attached hydrogens (tertiary/aromatic N) is 2. The summed E-state index contributed by atoms with van der Waals surface area (Å²) in [5.41, 5.74) is 1.88. The topological polar surface area (TPSA) is 81.9 Å². The Kier molecular flexibility index (Phi) is 7.61. The first-order chi connectivity index (χ1) is 16.8. The summed E-state index contributed by atoms with van der Waals surface area (Å²) in [4.78, 5) is 25.2. The molecule has 0 spiro atoms. The number of thioether (sulfide) groups is 1. The largest absolute Gasteiger partial charge is 0.493 e. The maximum absolute atomic E-state index is 13.0. The molecule has 0 atom stereocenters. The van der Waals surface area contributed by atoms with E-state index in [-0.39, 0.29) is 18.2 Å². The Morgan fingerprint density at radius 3 is 2.49 bits per heavy atom. The van der Waals surface area contributed by atoms with E-state index in [0.29, 0.717) is 42.0 Å². The van der Waals surface area contributed by atoms with Crippen molar-refractivity contribution in [2.24, 2.45) is 0 Å². The summed E-state index contributed by atoms with van der Waals surface area (Å²) in [6, 6.07) is 16.1. The average Bonchev–Trinajstić information content (AvgIpc) is 3.11. The van der Waals surface area contributed by atoms with Gasteiger partial charge >= 0.3 is 0 Å². The Balaban J connectivity index is 1.52. The van der Waals surface area contributed by atoms with E-state index in [9.17, 15) is 14.9 Å². The number of thiocarbonyl (C=S) groups is 1. The molecular weight excluding hydrogens is 531 g/mol. The van der Waals surface area contributed by atoms with Gasteiger partial charge in [-0.05, 0) is 48.0 Å². The van der Waals surface area contributed by atoms with Crippen molar-refractivity contribution in [2.75, 3.05) is 12.0 Å². The fourth-order valence-corrected chi connectivity index (χ4v) is 5.01. The monoisotopic (exact) mass is 546 g/mol. The molecule has 1 fully saturated rings. The first-order valence-electron chi connectivity index (χ1n) is 10.0. The summed E-state index contributed by atoms with van der Waals surface area (Å²) in [7, 11) is 1.52. The highest BCUT2D eigenvalue weighted by Crippen LogP contribution is 2.38. The SMILES string of the molecule is COc1cc(/C=C2\SC(=S)N(c3ccc([N+](=O)[O-])cc3)C2=O)ccc1OCc1ccc(Cl)cc1Cl. The Labute approximate surface area is 220 Å². The number of carbonyl (C=O) groups is 1. The number of nitro groups is 1. The van der Waals surface area contributed by atoms with Crippen LogP contribution in [0.15, 0.2) is 65.6 Å². The van der Waals surface area contributed by atoms with E-state index in [4.69, 9.17) is 44.9 Å². The molecule has 1 aliphatic heterocycles. The van der Waals surface area contributed by atoms with Gasteiger partial charge in [0.05, 0.1) is 22.6 Å². The van der Waals surface area contributed by atoms with E-state index in [2.05, 4.69) is 0 Å². The van der Waals surface area contributed by atoms with Gasteiger partial charge in [-0.1, -0.05) is 59.3 Å². The fourth-order valence-electron chi connectivity index (χ4n) is 3.25. The van der Waals surface area contributed by atoms with Crippen LogP contribution in [0.1, 0.15) is 11.1 Å². The highest BCUT2D eigenvalue weighted by atomic mass is 35.5. The number of non-ortho nitro benzene ring substituents is 1. The Hall–Kier alpha value is -3.11. The summed E-state index contributed by atoms with van der Waals surface area (Å²) in [5.74, 6) is 0.675. The number of amides is 1. The average molecular weight is 547 g/mol. The van der Waals surface area contributed by atoms with Gasteiger partial charge in [0.2, 0.25) is 0 Å². The smallest absolute Gasteiger partial charge is 0.270 e. The summed E-state index contributed by atoms with van der Waals surface area (Å²) < 4.78 is 11.7. The molecule has 1 aliphatic rings. The van der Waals surface area contributed by atoms with Crippen LogP contribution in [-0.4, -0.2) is 22.3 Å². The van der Waals surface area contributed by atoms with Crippen molar-refractivity contribution < 1.29 is 19.2 Å². The zero-order valence-corrected chi connectivity index (χ0v) is 21.2. The number of methoxy groups -OCH3 is 1. The van der Waals surface area contributed by atoms with Crippen LogP contribution in [0.25, 0.3) is 6.08 Å². The number of ether oxygens (including phenoxy) is 2. The molecule has 7 nitrogen and oxygen atoms in total. The van der Waals surface area contributed by atoms with Crippen LogP contribution >= 0.6 is 47.2 Å². The van der Waals surface area contributed by atoms with Gasteiger partial charge in [-0.25, -0.2) is 0 Å². The van der Waals surface area contributed by atoms with Crippen LogP contribution in [-0.2, 0) is 11.4 Å². The number of nitro benzene ring substituents is 1. The van der Waals surface area contributed by atoms with E-state index in [1.807, 2.05) is 0 Å². The molecule has 3 aromatic carbocycles. The van der Waals surface area contributed by atoms with Gasteiger partial charge in [-0.2, -0.15) is 0 Å². The number of anilines is 1. The normalized spacial score (nSPS) is 14.5. The minimum absolute atomic E-state index is 0.0672. The van der Waals surface area contributed by atoms with E-state index in [0.717, 1.165) is 17.3 Å². The van der Waals surface area contributed by atoms with E-state index in [1.54, 1.807) is 42.5 Å². The number of rotatable bonds is 7. The third-order valence-corrected chi connectivity index (χ3v) is 6.89. The van der Waals surface area contributed by atoms with Crippen molar-refractivity contribution in [1.82, 2.24) is 0 Å². The third kappa shape index (κ3) is 5.59. The zero-order valence-electron chi connectivity index (χ0n) is 18.1. The van der Waals surface area contributed by atoms with Crippen LogP contribution in [0, 0.1) is 10.1 Å². The van der Waals surface area contributed by atoms with Gasteiger partial charge < -0.3 is 9.47 Å². The lowest BCUT2D eigenvalue weighted by Crippen LogP contribution is -2.27. The molecule has 0 aromatic heterocycles. The molecule has 3 aromatic rings. The number of benzene rings is 3. The van der Waals surface area contributed by atoms with Crippen LogP contribution in [0.2, 0.25) is 10.0 Å². The standard InChI is InChI=1S/C24H16Cl2N2O5S2/c1-32-21-10-14(2-9-20(21)33-13-15-3-4-16(25)12-19(15)26)11-22-23(29)27(24(34)35-22)17-5-7-18(8-6-17)28(30)31/h2-12H,13H2,1H3/b22-11-. The maximum Gasteiger partial charge on any atom is 0.270 e. The van der Waals surface area contributed by atoms with Crippen molar-refractivity contribution in [1.29, 1.82) is 0 Å². The van der Waals surface area contributed by atoms with Crippen molar-refractivity contribution in [3.63, 3.8) is 0 Å². The van der Waals surface area contributed by atoms with Crippen molar-refractivity contribution in [2.45, 2.75) is 6.61 Å². The van der Waals surface area contributed by atoms with Crippen molar-refractivity contribution in [3.05, 3.63) is 96.9 Å². The molecule has 0 bridgehead atoms. The Morgan fingerprint density at radius 2 is 1.83 bits per heavy atom. The van der Waals surface area contributed by atoms with Crippen LogP contribution in [0.3, 0.4) is 0 Å². The fraction of sp³-hybridized carbons (Fsp3) is 0.0833. The molecule has 0 N–H and O–H groups in total. The molecule has 1 saturated heterocycles. The molecule has 0 unspecified atom stereocenters. The number of halogens is 2. The van der Waals surface area contributed by atoms with E-state index < -0.39 is 4.92 Å². The molecule has 11 heteroatoms. The second kappa shape index (κ2) is 10.7. The number of carbonyl (C=O) groups excluding carboxylic acids is 1. The second-order valence-electron chi connectivity index (χ2n) is 7.23. The van der Waals surface area contributed by atoms with Crippen LogP contribution in [0.5, 0.6) is 11.5 Å². The first kappa shape index (κ1) is 25.0. The highest BCUT2D eigenvalue weighted by Gasteiger charge is 2.33. The first-order valence-corrected chi connectivity index (χ1v) is 12.0. The summed E-state index contributed by atoms with van der Waals surface area (Å²) in [6.07, 6.45) is 1.70. The number of hydrogen-bond acceptors (Lipinski definition) is 7. The Morgan fingerprint density at radius 1 is 1.09 bits per heavy atom. The van der Waals surface area contributed by atoms with Crippen molar-refractivity contribution in [3.8, 4) is 11.5 Å². The molecule has 1 amide bonds. The quantitative estimate of drug-likeness (QED) is 0.138. The minimum Gasteiger partial charge on any atom is -0.493 e. The second-order valence-corrected chi connectivity index (χ2v) is 9.74. The van der Waals surface area contributed by atoms with E-state index in [1.165, 1.54) is 36.3 Å². The lowest BCUT2D eigenvalue weighted by atomic mass is 10.1.